The minimum absolute atomic E-state index is 0.0541. The maximum atomic E-state index is 11.6. The highest BCUT2D eigenvalue weighted by atomic mass is 16.5. The summed E-state index contributed by atoms with van der Waals surface area (Å²) in [6.07, 6.45) is 0.823. The van der Waals surface area contributed by atoms with Crippen molar-refractivity contribution in [1.82, 2.24) is 5.32 Å². The van der Waals surface area contributed by atoms with E-state index in [1.807, 2.05) is 39.0 Å². The zero-order valence-corrected chi connectivity index (χ0v) is 12.0. The van der Waals surface area contributed by atoms with Crippen LogP contribution in [0, 0.1) is 13.8 Å². The first-order valence-electron chi connectivity index (χ1n) is 6.68. The van der Waals surface area contributed by atoms with Gasteiger partial charge in [0.05, 0.1) is 0 Å². The molecule has 1 N–H and O–H groups in total. The van der Waals surface area contributed by atoms with Crippen molar-refractivity contribution in [3.63, 3.8) is 0 Å². The third-order valence-electron chi connectivity index (χ3n) is 2.68. The van der Waals surface area contributed by atoms with Gasteiger partial charge in [0.25, 0.3) is 5.91 Å². The van der Waals surface area contributed by atoms with Gasteiger partial charge in [-0.05, 0) is 38.8 Å². The van der Waals surface area contributed by atoms with E-state index < -0.39 is 0 Å². The average molecular weight is 265 g/mol. The van der Waals surface area contributed by atoms with Crippen molar-refractivity contribution < 1.29 is 14.3 Å². The predicted octanol–water partition coefficient (Wildman–Crippen LogP) is 2.23. The van der Waals surface area contributed by atoms with E-state index in [2.05, 4.69) is 5.32 Å². The molecule has 0 saturated heterocycles. The molecule has 0 aliphatic heterocycles. The summed E-state index contributed by atoms with van der Waals surface area (Å²) in [7, 11) is 0. The summed E-state index contributed by atoms with van der Waals surface area (Å²) in [5, 5.41) is 2.80. The van der Waals surface area contributed by atoms with Crippen molar-refractivity contribution in [3.8, 4) is 5.75 Å². The first kappa shape index (κ1) is 15.5. The molecule has 0 unspecified atom stereocenters. The van der Waals surface area contributed by atoms with Crippen molar-refractivity contribution in [1.29, 1.82) is 0 Å². The molecule has 0 fully saturated rings. The Morgan fingerprint density at radius 2 is 2.11 bits per heavy atom. The fourth-order valence-corrected chi connectivity index (χ4v) is 1.70. The second kappa shape index (κ2) is 8.53. The van der Waals surface area contributed by atoms with Gasteiger partial charge in [-0.2, -0.15) is 0 Å². The number of amides is 1. The lowest BCUT2D eigenvalue weighted by molar-refractivity contribution is -0.123. The number of rotatable bonds is 8. The fraction of sp³-hybridized carbons (Fsp3) is 0.533. The Hall–Kier alpha value is -1.55. The van der Waals surface area contributed by atoms with Gasteiger partial charge < -0.3 is 14.8 Å². The number of benzene rings is 1. The third-order valence-corrected chi connectivity index (χ3v) is 2.68. The zero-order chi connectivity index (χ0) is 14.1. The molecule has 19 heavy (non-hydrogen) atoms. The quantitative estimate of drug-likeness (QED) is 0.733. The second-order valence-corrected chi connectivity index (χ2v) is 4.46. The molecule has 0 aliphatic rings. The Morgan fingerprint density at radius 1 is 1.32 bits per heavy atom. The average Bonchev–Trinajstić information content (AvgIpc) is 2.37. The molecule has 4 nitrogen and oxygen atoms in total. The Balaban J connectivity index is 2.22. The van der Waals surface area contributed by atoms with Gasteiger partial charge in [-0.15, -0.1) is 0 Å². The largest absolute Gasteiger partial charge is 0.484 e. The molecular formula is C15H23NO3. The van der Waals surface area contributed by atoms with Crippen LogP contribution in [0.1, 0.15) is 24.5 Å². The van der Waals surface area contributed by atoms with Crippen molar-refractivity contribution in [2.24, 2.45) is 0 Å². The van der Waals surface area contributed by atoms with Gasteiger partial charge in [-0.1, -0.05) is 17.7 Å². The molecule has 1 aromatic carbocycles. The summed E-state index contributed by atoms with van der Waals surface area (Å²) in [6.45, 7) is 8.02. The van der Waals surface area contributed by atoms with Crippen LogP contribution < -0.4 is 10.1 Å². The predicted molar refractivity (Wildman–Crippen MR) is 75.5 cm³/mol. The molecule has 1 aromatic rings. The molecule has 106 valence electrons. The lowest BCUT2D eigenvalue weighted by Gasteiger charge is -2.10. The van der Waals surface area contributed by atoms with E-state index in [0.29, 0.717) is 19.8 Å². The van der Waals surface area contributed by atoms with E-state index >= 15 is 0 Å². The second-order valence-electron chi connectivity index (χ2n) is 4.46. The molecule has 4 heteroatoms. The first-order chi connectivity index (χ1) is 9.13. The minimum Gasteiger partial charge on any atom is -0.484 e. The SMILES string of the molecule is CCOCCCNC(=O)COc1ccc(C)cc1C. The molecule has 0 radical (unpaired) electrons. The smallest absolute Gasteiger partial charge is 0.257 e. The van der Waals surface area contributed by atoms with E-state index in [9.17, 15) is 4.79 Å². The van der Waals surface area contributed by atoms with Crippen molar-refractivity contribution >= 4 is 5.91 Å². The van der Waals surface area contributed by atoms with E-state index in [4.69, 9.17) is 9.47 Å². The van der Waals surface area contributed by atoms with Crippen molar-refractivity contribution in [3.05, 3.63) is 29.3 Å². The Kier molecular flexibility index (Phi) is 6.97. The van der Waals surface area contributed by atoms with Gasteiger partial charge >= 0.3 is 0 Å². The molecule has 0 atom stereocenters. The molecule has 1 rings (SSSR count). The molecule has 0 bridgehead atoms. The summed E-state index contributed by atoms with van der Waals surface area (Å²) in [6, 6.07) is 5.91. The molecule has 1 amide bonds. The van der Waals surface area contributed by atoms with Gasteiger partial charge in [0.1, 0.15) is 5.75 Å². The number of hydrogen-bond donors (Lipinski definition) is 1. The fourth-order valence-electron chi connectivity index (χ4n) is 1.70. The lowest BCUT2D eigenvalue weighted by atomic mass is 10.1. The molecular weight excluding hydrogens is 242 g/mol. The maximum Gasteiger partial charge on any atom is 0.257 e. The number of carbonyl (C=O) groups is 1. The topological polar surface area (TPSA) is 47.6 Å². The van der Waals surface area contributed by atoms with E-state index in [1.54, 1.807) is 0 Å². The third kappa shape index (κ3) is 6.25. The summed E-state index contributed by atoms with van der Waals surface area (Å²) in [5.74, 6) is 0.659. The normalized spacial score (nSPS) is 10.3. The van der Waals surface area contributed by atoms with Crippen LogP contribution in [0.2, 0.25) is 0 Å². The monoisotopic (exact) mass is 265 g/mol. The Labute approximate surface area is 115 Å². The molecule has 0 aromatic heterocycles. The number of ether oxygens (including phenoxy) is 2. The highest BCUT2D eigenvalue weighted by molar-refractivity contribution is 5.77. The van der Waals surface area contributed by atoms with Crippen LogP contribution in [0.3, 0.4) is 0 Å². The van der Waals surface area contributed by atoms with Gasteiger partial charge in [0.15, 0.2) is 6.61 Å². The van der Waals surface area contributed by atoms with Crippen LogP contribution >= 0.6 is 0 Å². The van der Waals surface area contributed by atoms with Crippen LogP contribution in [-0.4, -0.2) is 32.3 Å². The summed E-state index contributed by atoms with van der Waals surface area (Å²) < 4.78 is 10.7. The van der Waals surface area contributed by atoms with Crippen LogP contribution in [-0.2, 0) is 9.53 Å². The van der Waals surface area contributed by atoms with Crippen LogP contribution in [0.4, 0.5) is 0 Å². The van der Waals surface area contributed by atoms with E-state index in [1.165, 1.54) is 5.56 Å². The summed E-state index contributed by atoms with van der Waals surface area (Å²) in [4.78, 5) is 11.6. The van der Waals surface area contributed by atoms with E-state index in [0.717, 1.165) is 17.7 Å². The lowest BCUT2D eigenvalue weighted by Crippen LogP contribution is -2.30. The number of aryl methyl sites for hydroxylation is 2. The molecule has 0 heterocycles. The highest BCUT2D eigenvalue weighted by Gasteiger charge is 2.04. The van der Waals surface area contributed by atoms with Gasteiger partial charge in [0.2, 0.25) is 0 Å². The zero-order valence-electron chi connectivity index (χ0n) is 12.0. The number of nitrogens with one attached hydrogen (secondary N) is 1. The summed E-state index contributed by atoms with van der Waals surface area (Å²) >= 11 is 0. The van der Waals surface area contributed by atoms with Gasteiger partial charge in [-0.3, -0.25) is 4.79 Å². The molecule has 0 spiro atoms. The standard InChI is InChI=1S/C15H23NO3/c1-4-18-9-5-8-16-15(17)11-19-14-7-6-12(2)10-13(14)3/h6-7,10H,4-5,8-9,11H2,1-3H3,(H,16,17). The van der Waals surface area contributed by atoms with Crippen LogP contribution in [0.15, 0.2) is 18.2 Å². The molecule has 0 saturated carbocycles. The van der Waals surface area contributed by atoms with E-state index in [-0.39, 0.29) is 12.5 Å². The Bertz CT molecular complexity index is 404. The number of carbonyl (C=O) groups excluding carboxylic acids is 1. The van der Waals surface area contributed by atoms with Gasteiger partial charge in [-0.25, -0.2) is 0 Å². The first-order valence-corrected chi connectivity index (χ1v) is 6.68. The van der Waals surface area contributed by atoms with Crippen molar-refractivity contribution in [2.45, 2.75) is 27.2 Å². The van der Waals surface area contributed by atoms with Crippen LogP contribution in [0.5, 0.6) is 5.75 Å². The minimum atomic E-state index is -0.100. The number of hydrogen-bond acceptors (Lipinski definition) is 3. The van der Waals surface area contributed by atoms with Gasteiger partial charge in [0, 0.05) is 19.8 Å². The molecule has 0 aliphatic carbocycles. The Morgan fingerprint density at radius 3 is 2.79 bits per heavy atom. The highest BCUT2D eigenvalue weighted by Crippen LogP contribution is 2.18. The van der Waals surface area contributed by atoms with Crippen molar-refractivity contribution in [2.75, 3.05) is 26.4 Å². The summed E-state index contributed by atoms with van der Waals surface area (Å²) in [5.41, 5.74) is 2.23. The maximum absolute atomic E-state index is 11.6. The van der Waals surface area contributed by atoms with Crippen LogP contribution in [0.25, 0.3) is 0 Å².